The van der Waals surface area contributed by atoms with E-state index in [9.17, 15) is 14.4 Å². The van der Waals surface area contributed by atoms with Crippen LogP contribution in [0.4, 0.5) is 4.79 Å². The summed E-state index contributed by atoms with van der Waals surface area (Å²) in [4.78, 5) is 43.1. The van der Waals surface area contributed by atoms with Crippen LogP contribution in [-0.4, -0.2) is 41.2 Å². The lowest BCUT2D eigenvalue weighted by atomic mass is 9.99. The van der Waals surface area contributed by atoms with Crippen molar-refractivity contribution < 1.29 is 24.0 Å². The maximum absolute atomic E-state index is 12.5. The SMILES string of the molecule is Cc1ccc(CC(CON2C(=O)c3ccccc3C2=O)NC(=O)OC(C)(C)C)c(C)c1. The number of benzene rings is 2. The van der Waals surface area contributed by atoms with Crippen molar-refractivity contribution in [2.75, 3.05) is 6.61 Å². The molecule has 3 rings (SSSR count). The van der Waals surface area contributed by atoms with Crippen LogP contribution in [0.1, 0.15) is 58.2 Å². The van der Waals surface area contributed by atoms with Gasteiger partial charge in [-0.15, -0.1) is 5.06 Å². The van der Waals surface area contributed by atoms with Crippen LogP contribution in [-0.2, 0) is 16.0 Å². The smallest absolute Gasteiger partial charge is 0.407 e. The molecular formula is C24H28N2O5. The number of carbonyl (C=O) groups is 3. The Kier molecular flexibility index (Phi) is 6.45. The monoisotopic (exact) mass is 424 g/mol. The predicted molar refractivity (Wildman–Crippen MR) is 116 cm³/mol. The van der Waals surface area contributed by atoms with Crippen molar-refractivity contribution in [2.45, 2.75) is 52.7 Å². The molecule has 1 unspecified atom stereocenters. The highest BCUT2D eigenvalue weighted by Crippen LogP contribution is 2.23. The maximum Gasteiger partial charge on any atom is 0.407 e. The summed E-state index contributed by atoms with van der Waals surface area (Å²) in [6, 6.07) is 12.1. The fourth-order valence-corrected chi connectivity index (χ4v) is 3.42. The van der Waals surface area contributed by atoms with E-state index >= 15 is 0 Å². The normalized spacial score (nSPS) is 14.4. The zero-order valence-electron chi connectivity index (χ0n) is 18.5. The average molecular weight is 424 g/mol. The molecule has 1 atom stereocenters. The van der Waals surface area contributed by atoms with Gasteiger partial charge in [0, 0.05) is 0 Å². The number of carbonyl (C=O) groups excluding carboxylic acids is 3. The van der Waals surface area contributed by atoms with Crippen LogP contribution in [0.3, 0.4) is 0 Å². The Labute approximate surface area is 182 Å². The molecule has 164 valence electrons. The minimum Gasteiger partial charge on any atom is -0.444 e. The van der Waals surface area contributed by atoms with Crippen LogP contribution in [0.25, 0.3) is 0 Å². The zero-order valence-corrected chi connectivity index (χ0v) is 18.5. The molecule has 0 spiro atoms. The quantitative estimate of drug-likeness (QED) is 0.710. The number of fused-ring (bicyclic) bond motifs is 1. The molecule has 31 heavy (non-hydrogen) atoms. The molecule has 1 heterocycles. The molecule has 0 aliphatic carbocycles. The first-order valence-electron chi connectivity index (χ1n) is 10.2. The highest BCUT2D eigenvalue weighted by molar-refractivity contribution is 6.20. The second-order valence-corrected chi connectivity index (χ2v) is 8.72. The highest BCUT2D eigenvalue weighted by atomic mass is 16.7. The van der Waals surface area contributed by atoms with Gasteiger partial charge in [0.05, 0.1) is 23.8 Å². The van der Waals surface area contributed by atoms with Crippen LogP contribution in [0.2, 0.25) is 0 Å². The van der Waals surface area contributed by atoms with Gasteiger partial charge >= 0.3 is 6.09 Å². The summed E-state index contributed by atoms with van der Waals surface area (Å²) in [5, 5.41) is 3.56. The summed E-state index contributed by atoms with van der Waals surface area (Å²) in [5.41, 5.74) is 3.20. The Hall–Kier alpha value is -3.19. The number of hydroxylamine groups is 2. The van der Waals surface area contributed by atoms with Crippen molar-refractivity contribution in [1.29, 1.82) is 0 Å². The van der Waals surface area contributed by atoms with Crippen molar-refractivity contribution in [1.82, 2.24) is 10.4 Å². The standard InChI is InChI=1S/C24H28N2O5/c1-15-10-11-17(16(2)12-15)13-18(25-23(29)31-24(3,4)5)14-30-26-21(27)19-8-6-7-9-20(19)22(26)28/h6-12,18H,13-14H2,1-5H3,(H,25,29). The van der Waals surface area contributed by atoms with Gasteiger partial charge in [-0.3, -0.25) is 14.4 Å². The highest BCUT2D eigenvalue weighted by Gasteiger charge is 2.37. The van der Waals surface area contributed by atoms with Gasteiger partial charge in [-0.05, 0) is 64.3 Å². The Morgan fingerprint density at radius 1 is 1.03 bits per heavy atom. The van der Waals surface area contributed by atoms with Crippen molar-refractivity contribution in [3.63, 3.8) is 0 Å². The molecule has 2 aromatic carbocycles. The molecule has 7 heteroatoms. The molecule has 0 saturated heterocycles. The molecule has 0 radical (unpaired) electrons. The number of hydrogen-bond donors (Lipinski definition) is 1. The van der Waals surface area contributed by atoms with Crippen molar-refractivity contribution in [2.24, 2.45) is 0 Å². The summed E-state index contributed by atoms with van der Waals surface area (Å²) in [6.07, 6.45) is -0.137. The van der Waals surface area contributed by atoms with Gasteiger partial charge in [0.25, 0.3) is 11.8 Å². The third kappa shape index (κ3) is 5.49. The van der Waals surface area contributed by atoms with Gasteiger partial charge in [0.1, 0.15) is 5.60 Å². The molecule has 0 fully saturated rings. The number of ether oxygens (including phenoxy) is 1. The molecule has 7 nitrogen and oxygen atoms in total. The van der Waals surface area contributed by atoms with Gasteiger partial charge in [0.2, 0.25) is 0 Å². The third-order valence-corrected chi connectivity index (χ3v) is 4.85. The summed E-state index contributed by atoms with van der Waals surface area (Å²) >= 11 is 0. The second-order valence-electron chi connectivity index (χ2n) is 8.72. The topological polar surface area (TPSA) is 84.9 Å². The van der Waals surface area contributed by atoms with Gasteiger partial charge in [-0.1, -0.05) is 35.9 Å². The van der Waals surface area contributed by atoms with Crippen LogP contribution in [0.5, 0.6) is 0 Å². The number of amides is 3. The van der Waals surface area contributed by atoms with Crippen LogP contribution in [0.15, 0.2) is 42.5 Å². The molecule has 1 aliphatic rings. The molecule has 1 N–H and O–H groups in total. The summed E-state index contributed by atoms with van der Waals surface area (Å²) in [5.74, 6) is -1.02. The third-order valence-electron chi connectivity index (χ3n) is 4.85. The van der Waals surface area contributed by atoms with Gasteiger partial charge in [0.15, 0.2) is 0 Å². The van der Waals surface area contributed by atoms with E-state index in [0.29, 0.717) is 17.5 Å². The Bertz CT molecular complexity index is 974. The number of hydrogen-bond acceptors (Lipinski definition) is 5. The minimum atomic E-state index is -0.655. The van der Waals surface area contributed by atoms with E-state index in [1.807, 2.05) is 26.0 Å². The van der Waals surface area contributed by atoms with Crippen molar-refractivity contribution >= 4 is 17.9 Å². The molecule has 2 aromatic rings. The number of aryl methyl sites for hydroxylation is 2. The first-order chi connectivity index (χ1) is 14.5. The van der Waals surface area contributed by atoms with Gasteiger partial charge < -0.3 is 10.1 Å². The maximum atomic E-state index is 12.5. The van der Waals surface area contributed by atoms with Crippen molar-refractivity contribution in [3.8, 4) is 0 Å². The largest absolute Gasteiger partial charge is 0.444 e. The summed E-state index contributed by atoms with van der Waals surface area (Å²) < 4.78 is 5.37. The van der Waals surface area contributed by atoms with Crippen molar-refractivity contribution in [3.05, 3.63) is 70.3 Å². The van der Waals surface area contributed by atoms with E-state index in [2.05, 4.69) is 11.4 Å². The lowest BCUT2D eigenvalue weighted by Crippen LogP contribution is -2.45. The van der Waals surface area contributed by atoms with E-state index < -0.39 is 29.6 Å². The molecule has 0 saturated carbocycles. The Morgan fingerprint density at radius 2 is 1.65 bits per heavy atom. The first-order valence-corrected chi connectivity index (χ1v) is 10.2. The molecular weight excluding hydrogens is 396 g/mol. The van der Waals surface area contributed by atoms with Crippen LogP contribution in [0, 0.1) is 13.8 Å². The summed E-state index contributed by atoms with van der Waals surface area (Å²) in [7, 11) is 0. The van der Waals surface area contributed by atoms with Crippen LogP contribution < -0.4 is 5.32 Å². The zero-order chi connectivity index (χ0) is 22.8. The number of nitrogens with one attached hydrogen (secondary N) is 1. The van der Waals surface area contributed by atoms with E-state index in [1.54, 1.807) is 45.0 Å². The van der Waals surface area contributed by atoms with E-state index in [-0.39, 0.29) is 6.61 Å². The fourth-order valence-electron chi connectivity index (χ4n) is 3.42. The van der Waals surface area contributed by atoms with E-state index in [0.717, 1.165) is 21.8 Å². The predicted octanol–water partition coefficient (Wildman–Crippen LogP) is 3.97. The molecule has 3 amide bonds. The fraction of sp³-hybridized carbons (Fsp3) is 0.375. The number of nitrogens with zero attached hydrogens (tertiary/aromatic N) is 1. The average Bonchev–Trinajstić information content (AvgIpc) is 2.91. The lowest BCUT2D eigenvalue weighted by Gasteiger charge is -2.25. The van der Waals surface area contributed by atoms with Gasteiger partial charge in [-0.2, -0.15) is 0 Å². The summed E-state index contributed by atoms with van der Waals surface area (Å²) in [6.45, 7) is 9.28. The molecule has 0 bridgehead atoms. The molecule has 0 aromatic heterocycles. The first kappa shape index (κ1) is 22.5. The van der Waals surface area contributed by atoms with Crippen LogP contribution >= 0.6 is 0 Å². The number of rotatable bonds is 6. The van der Waals surface area contributed by atoms with E-state index in [1.165, 1.54) is 0 Å². The van der Waals surface area contributed by atoms with E-state index in [4.69, 9.17) is 9.57 Å². The Balaban J connectivity index is 1.74. The minimum absolute atomic E-state index is 0.0714. The second kappa shape index (κ2) is 8.89. The van der Waals surface area contributed by atoms with Gasteiger partial charge in [-0.25, -0.2) is 4.79 Å². The number of imide groups is 1. The number of alkyl carbamates (subject to hydrolysis) is 1. The lowest BCUT2D eigenvalue weighted by molar-refractivity contribution is -0.0975. The molecule has 1 aliphatic heterocycles. The Morgan fingerprint density at radius 3 is 2.19 bits per heavy atom.